The summed E-state index contributed by atoms with van der Waals surface area (Å²) in [4.78, 5) is 26.4. The van der Waals surface area contributed by atoms with Crippen LogP contribution in [0.1, 0.15) is 65.2 Å². The highest BCUT2D eigenvalue weighted by Crippen LogP contribution is 2.66. The summed E-state index contributed by atoms with van der Waals surface area (Å²) in [6.07, 6.45) is 6.88. The molecular formula is C22H32O6. The SMILES string of the molecule is CCC1(COC(=O)C23CC4CC(C2)CC(C(=O)OCC2(CC)CO2)(C4)C3)CO1. The zero-order valence-electron chi connectivity index (χ0n) is 17.1. The van der Waals surface area contributed by atoms with Crippen molar-refractivity contribution < 1.29 is 28.5 Å². The van der Waals surface area contributed by atoms with E-state index in [-0.39, 0.29) is 23.1 Å². The Bertz CT molecular complexity index is 609. The van der Waals surface area contributed by atoms with Crippen molar-refractivity contribution in [2.45, 2.75) is 76.4 Å². The molecule has 0 aromatic heterocycles. The monoisotopic (exact) mass is 392 g/mol. The topological polar surface area (TPSA) is 77.7 Å². The highest BCUT2D eigenvalue weighted by Gasteiger charge is 2.65. The minimum Gasteiger partial charge on any atom is -0.462 e. The Labute approximate surface area is 166 Å². The molecule has 2 atom stereocenters. The average Bonchev–Trinajstić information content (AvgIpc) is 3.59. The van der Waals surface area contributed by atoms with Crippen LogP contribution in [0.4, 0.5) is 0 Å². The zero-order chi connectivity index (χ0) is 19.6. The minimum atomic E-state index is -0.508. The molecule has 6 aliphatic rings. The maximum absolute atomic E-state index is 13.2. The second-order valence-electron chi connectivity index (χ2n) is 10.3. The van der Waals surface area contributed by atoms with E-state index in [0.29, 0.717) is 44.7 Å². The summed E-state index contributed by atoms with van der Waals surface area (Å²) in [5, 5.41) is 0. The van der Waals surface area contributed by atoms with Crippen LogP contribution >= 0.6 is 0 Å². The summed E-state index contributed by atoms with van der Waals surface area (Å²) >= 11 is 0. The fourth-order valence-corrected chi connectivity index (χ4v) is 6.42. The molecule has 0 aromatic rings. The number of rotatable bonds is 8. The number of carbonyl (C=O) groups excluding carboxylic acids is 2. The van der Waals surface area contributed by atoms with Crippen LogP contribution in [-0.4, -0.2) is 49.6 Å². The van der Waals surface area contributed by atoms with Crippen LogP contribution in [0.5, 0.6) is 0 Å². The van der Waals surface area contributed by atoms with E-state index < -0.39 is 10.8 Å². The Kier molecular flexibility index (Phi) is 4.16. The van der Waals surface area contributed by atoms with Gasteiger partial charge in [0, 0.05) is 0 Å². The van der Waals surface area contributed by atoms with E-state index in [1.165, 1.54) is 0 Å². The van der Waals surface area contributed by atoms with Crippen molar-refractivity contribution in [3.05, 3.63) is 0 Å². The molecule has 4 bridgehead atoms. The third-order valence-electron chi connectivity index (χ3n) is 8.25. The molecule has 2 heterocycles. The van der Waals surface area contributed by atoms with Gasteiger partial charge in [-0.25, -0.2) is 0 Å². The quantitative estimate of drug-likeness (QED) is 0.467. The molecule has 6 nitrogen and oxygen atoms in total. The standard InChI is InChI=1S/C22H32O6/c1-3-21(13-27-21)11-25-17(23)19-6-15-5-16(7-19)9-20(8-15,10-19)18(24)26-12-22(4-2)14-28-22/h15-16H,3-14H2,1-2H3. The molecule has 0 N–H and O–H groups in total. The number of hydrogen-bond acceptors (Lipinski definition) is 6. The van der Waals surface area contributed by atoms with Crippen LogP contribution in [0, 0.1) is 22.7 Å². The molecule has 6 fully saturated rings. The third-order valence-corrected chi connectivity index (χ3v) is 8.25. The van der Waals surface area contributed by atoms with Gasteiger partial charge in [0.25, 0.3) is 0 Å². The van der Waals surface area contributed by atoms with Crippen LogP contribution < -0.4 is 0 Å². The van der Waals surface area contributed by atoms with Gasteiger partial charge in [0.1, 0.15) is 24.4 Å². The van der Waals surface area contributed by atoms with Gasteiger partial charge in [0.2, 0.25) is 0 Å². The van der Waals surface area contributed by atoms with Crippen molar-refractivity contribution in [2.24, 2.45) is 22.7 Å². The lowest BCUT2D eigenvalue weighted by atomic mass is 9.44. The van der Waals surface area contributed by atoms with Gasteiger partial charge in [-0.2, -0.15) is 0 Å². The predicted molar refractivity (Wildman–Crippen MR) is 99.4 cm³/mol. The molecule has 2 unspecified atom stereocenters. The molecule has 6 rings (SSSR count). The van der Waals surface area contributed by atoms with Crippen LogP contribution in [-0.2, 0) is 28.5 Å². The molecule has 0 radical (unpaired) electrons. The molecule has 156 valence electrons. The molecule has 2 aliphatic heterocycles. The van der Waals surface area contributed by atoms with E-state index in [2.05, 4.69) is 13.8 Å². The van der Waals surface area contributed by atoms with E-state index in [0.717, 1.165) is 44.9 Å². The van der Waals surface area contributed by atoms with E-state index in [9.17, 15) is 9.59 Å². The first-order valence-electron chi connectivity index (χ1n) is 11.0. The first-order valence-corrected chi connectivity index (χ1v) is 11.0. The number of esters is 2. The summed E-state index contributed by atoms with van der Waals surface area (Å²) < 4.78 is 22.5. The van der Waals surface area contributed by atoms with Gasteiger partial charge in [-0.3, -0.25) is 9.59 Å². The molecule has 2 saturated heterocycles. The van der Waals surface area contributed by atoms with Gasteiger partial charge in [0.05, 0.1) is 24.0 Å². The van der Waals surface area contributed by atoms with Crippen molar-refractivity contribution in [2.75, 3.05) is 26.4 Å². The summed E-state index contributed by atoms with van der Waals surface area (Å²) in [5.74, 6) is 0.627. The Morgan fingerprint density at radius 2 is 1.21 bits per heavy atom. The van der Waals surface area contributed by atoms with Gasteiger partial charge < -0.3 is 18.9 Å². The maximum atomic E-state index is 13.2. The smallest absolute Gasteiger partial charge is 0.312 e. The van der Waals surface area contributed by atoms with Crippen LogP contribution in [0.25, 0.3) is 0 Å². The Morgan fingerprint density at radius 1 is 0.821 bits per heavy atom. The van der Waals surface area contributed by atoms with E-state index in [4.69, 9.17) is 18.9 Å². The van der Waals surface area contributed by atoms with Gasteiger partial charge in [-0.05, 0) is 63.2 Å². The minimum absolute atomic E-state index is 0.113. The van der Waals surface area contributed by atoms with Gasteiger partial charge >= 0.3 is 11.9 Å². The fraction of sp³-hybridized carbons (Fsp3) is 0.909. The summed E-state index contributed by atoms with van der Waals surface area (Å²) in [7, 11) is 0. The third kappa shape index (κ3) is 2.98. The lowest BCUT2D eigenvalue weighted by Gasteiger charge is -2.59. The Balaban J connectivity index is 1.29. The van der Waals surface area contributed by atoms with Crippen molar-refractivity contribution >= 4 is 11.9 Å². The molecule has 0 spiro atoms. The molecule has 0 aromatic carbocycles. The second-order valence-corrected chi connectivity index (χ2v) is 10.3. The lowest BCUT2D eigenvalue weighted by molar-refractivity contribution is -0.195. The first kappa shape index (κ1) is 18.9. The Hall–Kier alpha value is -1.14. The lowest BCUT2D eigenvalue weighted by Crippen LogP contribution is -2.58. The van der Waals surface area contributed by atoms with Crippen molar-refractivity contribution in [3.8, 4) is 0 Å². The summed E-state index contributed by atoms with van der Waals surface area (Å²) in [5.41, 5.74) is -1.53. The number of ether oxygens (including phenoxy) is 4. The largest absolute Gasteiger partial charge is 0.462 e. The number of hydrogen-bond donors (Lipinski definition) is 0. The molecule has 6 heteroatoms. The second kappa shape index (κ2) is 6.18. The van der Waals surface area contributed by atoms with E-state index >= 15 is 0 Å². The number of epoxide rings is 2. The van der Waals surface area contributed by atoms with Crippen molar-refractivity contribution in [1.29, 1.82) is 0 Å². The molecular weight excluding hydrogens is 360 g/mol. The van der Waals surface area contributed by atoms with Crippen LogP contribution in [0.3, 0.4) is 0 Å². The van der Waals surface area contributed by atoms with Gasteiger partial charge in [0.15, 0.2) is 0 Å². The normalized spacial score (nSPS) is 47.6. The van der Waals surface area contributed by atoms with Crippen molar-refractivity contribution in [3.63, 3.8) is 0 Å². The fourth-order valence-electron chi connectivity index (χ4n) is 6.42. The van der Waals surface area contributed by atoms with Gasteiger partial charge in [-0.1, -0.05) is 13.8 Å². The highest BCUT2D eigenvalue weighted by atomic mass is 16.6. The zero-order valence-corrected chi connectivity index (χ0v) is 17.1. The predicted octanol–water partition coefficient (Wildman–Crippen LogP) is 3.02. The van der Waals surface area contributed by atoms with E-state index in [1.807, 2.05) is 0 Å². The summed E-state index contributed by atoms with van der Waals surface area (Å²) in [6, 6.07) is 0. The number of carbonyl (C=O) groups is 2. The molecule has 4 aliphatic carbocycles. The summed E-state index contributed by atoms with van der Waals surface area (Å²) in [6.45, 7) is 6.14. The maximum Gasteiger partial charge on any atom is 0.312 e. The van der Waals surface area contributed by atoms with Crippen molar-refractivity contribution in [1.82, 2.24) is 0 Å². The molecule has 4 saturated carbocycles. The highest BCUT2D eigenvalue weighted by molar-refractivity contribution is 5.83. The van der Waals surface area contributed by atoms with Crippen LogP contribution in [0.15, 0.2) is 0 Å². The van der Waals surface area contributed by atoms with Gasteiger partial charge in [-0.15, -0.1) is 0 Å². The first-order chi connectivity index (χ1) is 13.4. The Morgan fingerprint density at radius 3 is 1.54 bits per heavy atom. The molecule has 0 amide bonds. The van der Waals surface area contributed by atoms with Crippen LogP contribution in [0.2, 0.25) is 0 Å². The average molecular weight is 392 g/mol. The van der Waals surface area contributed by atoms with E-state index in [1.54, 1.807) is 0 Å². The molecule has 28 heavy (non-hydrogen) atoms.